The summed E-state index contributed by atoms with van der Waals surface area (Å²) in [5.41, 5.74) is 0. The van der Waals surface area contributed by atoms with Crippen molar-refractivity contribution in [1.82, 2.24) is 0 Å². The number of rotatable bonds is 18. The number of hydrogen-bond donors (Lipinski definition) is 0. The molecule has 0 bridgehead atoms. The molecule has 0 amide bonds. The lowest BCUT2D eigenvalue weighted by molar-refractivity contribution is -0.341. The molecule has 0 saturated heterocycles. The molecule has 2 atom stereocenters. The molecule has 0 aromatic carbocycles. The summed E-state index contributed by atoms with van der Waals surface area (Å²) in [6.07, 6.45) is -55.0. The smallest absolute Gasteiger partial charge is 0.459 e. The van der Waals surface area contributed by atoms with Crippen molar-refractivity contribution in [3.05, 3.63) is 23.7 Å². The van der Waals surface area contributed by atoms with Crippen LogP contribution in [0.25, 0.3) is 0 Å². The van der Waals surface area contributed by atoms with Crippen molar-refractivity contribution in [2.75, 3.05) is 13.2 Å². The Hall–Kier alpha value is -2.48. The van der Waals surface area contributed by atoms with Crippen LogP contribution >= 0.6 is 0 Å². The van der Waals surface area contributed by atoms with Crippen LogP contribution in [0.3, 0.4) is 0 Å². The summed E-state index contributed by atoms with van der Waals surface area (Å²) in [7, 11) is 0. The lowest BCUT2D eigenvalue weighted by Crippen LogP contribution is -2.46. The highest BCUT2D eigenvalue weighted by atomic mass is 19.4. The predicted octanol–water partition coefficient (Wildman–Crippen LogP) is 11.6. The maximum absolute atomic E-state index is 13.4. The third-order valence-corrected chi connectivity index (χ3v) is 5.86. The fraction of sp³-hybridized carbons (Fsp3) is 0.833. The van der Waals surface area contributed by atoms with Crippen LogP contribution in [-0.4, -0.2) is 74.8 Å². The second-order valence-corrected chi connectivity index (χ2v) is 9.95. The molecule has 0 aliphatic carbocycles. The van der Waals surface area contributed by atoms with Crippen LogP contribution in [0, 0.1) is 11.8 Å². The minimum atomic E-state index is -6.56. The number of halogens is 24. The molecular weight excluding hydrogens is 792 g/mol. The van der Waals surface area contributed by atoms with Gasteiger partial charge in [0.2, 0.25) is 11.8 Å². The second-order valence-electron chi connectivity index (χ2n) is 9.95. The van der Waals surface area contributed by atoms with Crippen LogP contribution in [0.1, 0.15) is 38.5 Å². The average Bonchev–Trinajstić information content (AvgIpc) is 2.87. The van der Waals surface area contributed by atoms with Gasteiger partial charge in [-0.25, -0.2) is 8.78 Å². The summed E-state index contributed by atoms with van der Waals surface area (Å²) in [4.78, 5) is 0. The molecule has 0 spiro atoms. The van der Waals surface area contributed by atoms with Gasteiger partial charge in [0.1, 0.15) is 11.5 Å². The van der Waals surface area contributed by atoms with Gasteiger partial charge in [-0.05, 0) is 50.7 Å². The van der Waals surface area contributed by atoms with E-state index in [-0.39, 0.29) is 12.2 Å². The van der Waals surface area contributed by atoms with Crippen LogP contribution in [0.5, 0.6) is 0 Å². The molecular formula is C24H22F24O3. The Balaban J connectivity index is 6.34. The van der Waals surface area contributed by atoms with E-state index in [9.17, 15) is 105 Å². The van der Waals surface area contributed by atoms with Crippen LogP contribution in [0.15, 0.2) is 23.7 Å². The Morgan fingerprint density at radius 1 is 0.412 bits per heavy atom. The van der Waals surface area contributed by atoms with Gasteiger partial charge in [0, 0.05) is 0 Å². The first-order chi connectivity index (χ1) is 22.5. The lowest BCUT2D eigenvalue weighted by atomic mass is 10.0. The number of hydrogen-bond acceptors (Lipinski definition) is 3. The molecule has 0 aromatic heterocycles. The van der Waals surface area contributed by atoms with Gasteiger partial charge in [-0.1, -0.05) is 0 Å². The average molecular weight is 814 g/mol. The van der Waals surface area contributed by atoms with E-state index >= 15 is 0 Å². The molecule has 0 aliphatic heterocycles. The lowest BCUT2D eigenvalue weighted by Gasteiger charge is -2.30. The van der Waals surface area contributed by atoms with Crippen LogP contribution < -0.4 is 0 Å². The first-order valence-electron chi connectivity index (χ1n) is 13.3. The van der Waals surface area contributed by atoms with Crippen molar-refractivity contribution in [3.8, 4) is 0 Å². The van der Waals surface area contributed by atoms with Crippen molar-refractivity contribution < 1.29 is 120 Å². The fourth-order valence-corrected chi connectivity index (χ4v) is 3.41. The van der Waals surface area contributed by atoms with Gasteiger partial charge in [0.05, 0.1) is 13.2 Å². The van der Waals surface area contributed by atoms with E-state index in [4.69, 9.17) is 0 Å². The van der Waals surface area contributed by atoms with E-state index in [1.807, 2.05) is 0 Å². The number of alkyl halides is 24. The zero-order valence-corrected chi connectivity index (χ0v) is 24.4. The van der Waals surface area contributed by atoms with Gasteiger partial charge in [0.25, 0.3) is 12.7 Å². The Kier molecular flexibility index (Phi) is 16.7. The quantitative estimate of drug-likeness (QED) is 0.0784. The van der Waals surface area contributed by atoms with Crippen molar-refractivity contribution in [2.45, 2.75) is 100 Å². The minimum absolute atomic E-state index is 0.364. The molecule has 0 rings (SSSR count). The third-order valence-electron chi connectivity index (χ3n) is 5.86. The highest BCUT2D eigenvalue weighted by molar-refractivity contribution is 5.14. The molecule has 0 aromatic rings. The molecule has 51 heavy (non-hydrogen) atoms. The molecule has 3 nitrogen and oxygen atoms in total. The van der Waals surface area contributed by atoms with E-state index in [0.717, 1.165) is 0 Å². The maximum Gasteiger partial charge on any atom is 0.459 e. The first-order valence-corrected chi connectivity index (χ1v) is 13.3. The molecule has 0 N–H and O–H groups in total. The molecule has 27 heteroatoms. The fourth-order valence-electron chi connectivity index (χ4n) is 3.41. The summed E-state index contributed by atoms with van der Waals surface area (Å²) >= 11 is 0. The van der Waals surface area contributed by atoms with E-state index in [1.54, 1.807) is 0 Å². The molecule has 0 saturated carbocycles. The Morgan fingerprint density at radius 2 is 0.667 bits per heavy atom. The highest BCUT2D eigenvalue weighted by Crippen LogP contribution is 2.49. The van der Waals surface area contributed by atoms with Gasteiger partial charge < -0.3 is 14.2 Å². The van der Waals surface area contributed by atoms with E-state index in [1.165, 1.54) is 0 Å². The van der Waals surface area contributed by atoms with Gasteiger partial charge in [0.15, 0.2) is 0 Å². The summed E-state index contributed by atoms with van der Waals surface area (Å²) in [5.74, 6) is -27.5. The van der Waals surface area contributed by atoms with E-state index in [0.29, 0.717) is 0 Å². The largest absolute Gasteiger partial charge is 0.465 e. The van der Waals surface area contributed by atoms with Gasteiger partial charge in [-0.15, -0.1) is 0 Å². The number of unbranched alkanes of at least 4 members (excludes halogenated alkanes) is 4. The number of ether oxygens (including phenoxy) is 3. The molecule has 0 radical (unpaired) electrons. The second kappa shape index (κ2) is 17.6. The molecule has 0 fully saturated rings. The monoisotopic (exact) mass is 814 g/mol. The van der Waals surface area contributed by atoms with Crippen molar-refractivity contribution in [2.24, 2.45) is 11.8 Å². The minimum Gasteiger partial charge on any atom is -0.465 e. The molecule has 2 unspecified atom stereocenters. The first kappa shape index (κ1) is 48.5. The normalized spacial score (nSPS) is 16.7. The zero-order chi connectivity index (χ0) is 40.7. The third kappa shape index (κ3) is 14.8. The van der Waals surface area contributed by atoms with E-state index < -0.39 is 137 Å². The summed E-state index contributed by atoms with van der Waals surface area (Å²) in [6.45, 7) is -2.84. The standard InChI is InChI=1S/C24H22F24O3/c25-15(17(27,28)23(43,44)45)49-9-5-1-3-7-11(13(19(31,32)33)20(34,35)36)51-12(14(21(37,38)39)22(40,41)42)8-4-2-6-10-50-16(26)18(29,30)24(46,47)48/h7-8,13-16H,1-6,9-10H2. The van der Waals surface area contributed by atoms with Gasteiger partial charge in [-0.2, -0.15) is 96.6 Å². The van der Waals surface area contributed by atoms with Crippen molar-refractivity contribution in [3.63, 3.8) is 0 Å². The van der Waals surface area contributed by atoms with E-state index in [2.05, 4.69) is 14.2 Å². The van der Waals surface area contributed by atoms with Gasteiger partial charge >= 0.3 is 48.9 Å². The predicted molar refractivity (Wildman–Crippen MR) is 120 cm³/mol. The van der Waals surface area contributed by atoms with Crippen molar-refractivity contribution in [1.29, 1.82) is 0 Å². The SMILES string of the molecule is FC(OCCCCC=C(OC(=CCCCCOC(F)C(F)(F)C(F)(F)F)C(C(F)(F)F)C(F)(F)F)C(C(F)(F)F)C(F)(F)F)C(F)(F)C(F)(F)F. The van der Waals surface area contributed by atoms with Crippen molar-refractivity contribution >= 4 is 0 Å². The summed E-state index contributed by atoms with van der Waals surface area (Å²) < 4.78 is 322. The van der Waals surface area contributed by atoms with Crippen LogP contribution in [-0.2, 0) is 14.2 Å². The zero-order valence-electron chi connectivity index (χ0n) is 24.4. The maximum atomic E-state index is 13.4. The Bertz CT molecular complexity index is 994. The summed E-state index contributed by atoms with van der Waals surface area (Å²) in [6, 6.07) is 0. The highest BCUT2D eigenvalue weighted by Gasteiger charge is 2.66. The van der Waals surface area contributed by atoms with Gasteiger partial charge in [-0.3, -0.25) is 0 Å². The number of allylic oxidation sites excluding steroid dienone is 4. The molecule has 0 heterocycles. The Labute approximate surface area is 269 Å². The topological polar surface area (TPSA) is 27.7 Å². The molecule has 0 aliphatic rings. The van der Waals surface area contributed by atoms with Crippen LogP contribution in [0.2, 0.25) is 0 Å². The Morgan fingerprint density at radius 3 is 0.882 bits per heavy atom. The summed E-state index contributed by atoms with van der Waals surface area (Å²) in [5, 5.41) is 0. The molecule has 304 valence electrons. The van der Waals surface area contributed by atoms with Crippen LogP contribution in [0.4, 0.5) is 105 Å².